The normalized spacial score (nSPS) is 14.6. The predicted molar refractivity (Wildman–Crippen MR) is 105 cm³/mol. The van der Waals surface area contributed by atoms with Crippen molar-refractivity contribution in [1.82, 2.24) is 4.90 Å². The number of nitriles is 1. The predicted octanol–water partition coefficient (Wildman–Crippen LogP) is 3.80. The van der Waals surface area contributed by atoms with Gasteiger partial charge in [-0.15, -0.1) is 11.3 Å². The summed E-state index contributed by atoms with van der Waals surface area (Å²) in [6.45, 7) is 2.93. The number of benzene rings is 1. The molecule has 0 bridgehead atoms. The summed E-state index contributed by atoms with van der Waals surface area (Å²) >= 11 is 1.19. The number of carboxylic acid groups (broad SMARTS) is 1. The number of thiophene rings is 1. The van der Waals surface area contributed by atoms with Crippen molar-refractivity contribution in [3.05, 3.63) is 41.3 Å². The zero-order valence-electron chi connectivity index (χ0n) is 15.1. The number of rotatable bonds is 5. The van der Waals surface area contributed by atoms with Crippen molar-refractivity contribution in [2.45, 2.75) is 32.2 Å². The second-order valence-corrected chi connectivity index (χ2v) is 7.48. The van der Waals surface area contributed by atoms with Crippen molar-refractivity contribution in [2.75, 3.05) is 18.0 Å². The van der Waals surface area contributed by atoms with Gasteiger partial charge < -0.3 is 14.9 Å². The molecule has 2 heterocycles. The van der Waals surface area contributed by atoms with Gasteiger partial charge in [-0.25, -0.2) is 4.79 Å². The number of hydrogen-bond donors (Lipinski definition) is 1. The van der Waals surface area contributed by atoms with E-state index in [1.165, 1.54) is 11.3 Å². The van der Waals surface area contributed by atoms with Crippen LogP contribution in [0.3, 0.4) is 0 Å². The summed E-state index contributed by atoms with van der Waals surface area (Å²) in [7, 11) is 0. The van der Waals surface area contributed by atoms with Crippen LogP contribution < -0.4 is 4.90 Å². The van der Waals surface area contributed by atoms with Crippen LogP contribution in [-0.2, 0) is 4.79 Å². The molecule has 0 saturated carbocycles. The fourth-order valence-corrected chi connectivity index (χ4v) is 4.38. The number of likely N-dealkylation sites (tertiary alicyclic amines) is 1. The van der Waals surface area contributed by atoms with Crippen molar-refractivity contribution < 1.29 is 14.7 Å². The average Bonchev–Trinajstić information content (AvgIpc) is 3.14. The van der Waals surface area contributed by atoms with E-state index >= 15 is 0 Å². The number of carbonyl (C=O) groups is 2. The molecule has 1 N–H and O–H groups in total. The molecule has 2 aromatic rings. The minimum absolute atomic E-state index is 0.0923. The van der Waals surface area contributed by atoms with Gasteiger partial charge in [0.25, 0.3) is 0 Å². The van der Waals surface area contributed by atoms with Gasteiger partial charge in [0.2, 0.25) is 5.91 Å². The second-order valence-electron chi connectivity index (χ2n) is 6.43. The van der Waals surface area contributed by atoms with E-state index in [-0.39, 0.29) is 16.8 Å². The summed E-state index contributed by atoms with van der Waals surface area (Å²) in [6.07, 6.45) is 3.73. The van der Waals surface area contributed by atoms with Gasteiger partial charge in [-0.05, 0) is 24.5 Å². The molecule has 1 aliphatic rings. The highest BCUT2D eigenvalue weighted by Gasteiger charge is 2.32. The van der Waals surface area contributed by atoms with Crippen molar-refractivity contribution in [1.29, 1.82) is 5.26 Å². The fourth-order valence-electron chi connectivity index (χ4n) is 3.39. The zero-order chi connectivity index (χ0) is 19.4. The molecule has 27 heavy (non-hydrogen) atoms. The molecule has 1 fully saturated rings. The van der Waals surface area contributed by atoms with E-state index in [0.29, 0.717) is 38.0 Å². The van der Waals surface area contributed by atoms with Crippen molar-refractivity contribution in [3.8, 4) is 16.6 Å². The highest BCUT2D eigenvalue weighted by Crippen LogP contribution is 2.39. The number of carbonyl (C=O) groups excluding carboxylic acids is 1. The van der Waals surface area contributed by atoms with Crippen LogP contribution in [0.5, 0.6) is 0 Å². The fraction of sp³-hybridized carbons (Fsp3) is 0.350. The van der Waals surface area contributed by atoms with E-state index in [1.54, 1.807) is 16.7 Å². The molecular weight excluding hydrogens is 362 g/mol. The molecule has 1 aliphatic heterocycles. The molecule has 1 aromatic heterocycles. The van der Waals surface area contributed by atoms with Gasteiger partial charge in [-0.2, -0.15) is 5.26 Å². The Hall–Kier alpha value is -2.85. The summed E-state index contributed by atoms with van der Waals surface area (Å²) in [5, 5.41) is 18.8. The lowest BCUT2D eigenvalue weighted by Crippen LogP contribution is -2.46. The van der Waals surface area contributed by atoms with Crippen LogP contribution in [0.4, 0.5) is 5.69 Å². The van der Waals surface area contributed by atoms with Crippen molar-refractivity contribution in [3.63, 3.8) is 0 Å². The number of piperidine rings is 1. The third-order valence-electron chi connectivity index (χ3n) is 4.77. The lowest BCUT2D eigenvalue weighted by Gasteiger charge is -2.36. The maximum Gasteiger partial charge on any atom is 0.348 e. The standard InChI is InChI=1S/C20H21N3O3S/c1-2-18(24)23(15-8-10-22(13-21)11-9-15)16-12-17(27-19(16)20(25)26)14-6-4-3-5-7-14/h3-7,12,15H,2,8-11H2,1H3,(H,25,26). The lowest BCUT2D eigenvalue weighted by molar-refractivity contribution is -0.119. The van der Waals surface area contributed by atoms with Crippen LogP contribution in [0, 0.1) is 11.5 Å². The first-order valence-corrected chi connectivity index (χ1v) is 9.76. The summed E-state index contributed by atoms with van der Waals surface area (Å²) in [6, 6.07) is 11.3. The van der Waals surface area contributed by atoms with Crippen LogP contribution in [0.25, 0.3) is 10.4 Å². The molecule has 7 heteroatoms. The quantitative estimate of drug-likeness (QED) is 0.794. The summed E-state index contributed by atoms with van der Waals surface area (Å²) in [5.41, 5.74) is 1.40. The smallest absolute Gasteiger partial charge is 0.348 e. The van der Waals surface area contributed by atoms with E-state index in [0.717, 1.165) is 10.4 Å². The Labute approximate surface area is 162 Å². The Morgan fingerprint density at radius 1 is 1.30 bits per heavy atom. The number of nitrogens with zero attached hydrogens (tertiary/aromatic N) is 3. The summed E-state index contributed by atoms with van der Waals surface area (Å²) in [5.74, 6) is -1.12. The van der Waals surface area contributed by atoms with Gasteiger partial charge in [0, 0.05) is 30.4 Å². The highest BCUT2D eigenvalue weighted by atomic mass is 32.1. The van der Waals surface area contributed by atoms with Gasteiger partial charge in [-0.1, -0.05) is 37.3 Å². The van der Waals surface area contributed by atoms with E-state index in [4.69, 9.17) is 5.26 Å². The number of hydrogen-bond acceptors (Lipinski definition) is 5. The van der Waals surface area contributed by atoms with Crippen LogP contribution in [0.1, 0.15) is 35.9 Å². The molecule has 0 unspecified atom stereocenters. The molecule has 140 valence electrons. The largest absolute Gasteiger partial charge is 0.477 e. The van der Waals surface area contributed by atoms with Gasteiger partial charge in [0.1, 0.15) is 4.88 Å². The van der Waals surface area contributed by atoms with Gasteiger partial charge in [0.05, 0.1) is 5.69 Å². The zero-order valence-corrected chi connectivity index (χ0v) is 15.9. The maximum absolute atomic E-state index is 12.7. The monoisotopic (exact) mass is 383 g/mol. The minimum Gasteiger partial charge on any atom is -0.477 e. The Balaban J connectivity index is 2.01. The van der Waals surface area contributed by atoms with Gasteiger partial charge in [0.15, 0.2) is 6.19 Å². The number of carboxylic acids is 1. The number of aromatic carboxylic acids is 1. The van der Waals surface area contributed by atoms with Crippen LogP contribution in [-0.4, -0.2) is 41.0 Å². The van der Waals surface area contributed by atoms with Gasteiger partial charge >= 0.3 is 5.97 Å². The molecule has 1 amide bonds. The summed E-state index contributed by atoms with van der Waals surface area (Å²) in [4.78, 5) is 29.0. The van der Waals surface area contributed by atoms with Crippen LogP contribution >= 0.6 is 11.3 Å². The molecule has 0 radical (unpaired) electrons. The third kappa shape index (κ3) is 3.96. The van der Waals surface area contributed by atoms with E-state index in [2.05, 4.69) is 6.19 Å². The first-order valence-electron chi connectivity index (χ1n) is 8.94. The van der Waals surface area contributed by atoms with Crippen molar-refractivity contribution in [2.24, 2.45) is 0 Å². The average molecular weight is 383 g/mol. The van der Waals surface area contributed by atoms with E-state index < -0.39 is 5.97 Å². The Morgan fingerprint density at radius 3 is 2.52 bits per heavy atom. The number of anilines is 1. The maximum atomic E-state index is 12.7. The molecule has 3 rings (SSSR count). The molecule has 6 nitrogen and oxygen atoms in total. The molecule has 1 aromatic carbocycles. The first kappa shape index (κ1) is 18.9. The third-order valence-corrected chi connectivity index (χ3v) is 5.93. The molecule has 1 saturated heterocycles. The van der Waals surface area contributed by atoms with Crippen LogP contribution in [0.2, 0.25) is 0 Å². The van der Waals surface area contributed by atoms with Gasteiger partial charge in [-0.3, -0.25) is 4.79 Å². The lowest BCUT2D eigenvalue weighted by atomic mass is 10.0. The highest BCUT2D eigenvalue weighted by molar-refractivity contribution is 7.18. The van der Waals surface area contributed by atoms with E-state index in [1.807, 2.05) is 36.4 Å². The Morgan fingerprint density at radius 2 is 1.96 bits per heavy atom. The Kier molecular flexibility index (Phi) is 5.77. The van der Waals surface area contributed by atoms with E-state index in [9.17, 15) is 14.7 Å². The second kappa shape index (κ2) is 8.23. The Bertz CT molecular complexity index is 864. The molecule has 0 aliphatic carbocycles. The van der Waals surface area contributed by atoms with Crippen LogP contribution in [0.15, 0.2) is 36.4 Å². The molecule has 0 atom stereocenters. The number of amides is 1. The minimum atomic E-state index is -1.03. The molecule has 0 spiro atoms. The SMILES string of the molecule is CCC(=O)N(c1cc(-c2ccccc2)sc1C(=O)O)C1CCN(C#N)CC1. The van der Waals surface area contributed by atoms with Crippen molar-refractivity contribution >= 4 is 28.9 Å². The summed E-state index contributed by atoms with van der Waals surface area (Å²) < 4.78 is 0. The molecular formula is C20H21N3O3S. The first-order chi connectivity index (χ1) is 13.0. The topological polar surface area (TPSA) is 84.6 Å².